The summed E-state index contributed by atoms with van der Waals surface area (Å²) in [4.78, 5) is 17.7. The van der Waals surface area contributed by atoms with Crippen molar-refractivity contribution in [3.63, 3.8) is 0 Å². The van der Waals surface area contributed by atoms with Crippen LogP contribution in [0.25, 0.3) is 10.9 Å². The Labute approximate surface area is 127 Å². The van der Waals surface area contributed by atoms with Crippen LogP contribution >= 0.6 is 27.3 Å². The summed E-state index contributed by atoms with van der Waals surface area (Å²) in [7, 11) is 0. The zero-order valence-electron chi connectivity index (χ0n) is 10.6. The van der Waals surface area contributed by atoms with Crippen LogP contribution in [0.3, 0.4) is 0 Å². The number of hydrogen-bond donors (Lipinski definition) is 0. The van der Waals surface area contributed by atoms with Crippen molar-refractivity contribution in [1.29, 1.82) is 0 Å². The number of rotatable bonds is 2. The second-order valence-corrected chi connectivity index (χ2v) is 6.06. The lowest BCUT2D eigenvalue weighted by molar-refractivity contribution is 0.771. The summed E-state index contributed by atoms with van der Waals surface area (Å²) in [5.74, 6) is 0.570. The van der Waals surface area contributed by atoms with Gasteiger partial charge in [-0.3, -0.25) is 4.79 Å². The Kier molecular flexibility index (Phi) is 3.50. The van der Waals surface area contributed by atoms with Gasteiger partial charge in [0.25, 0.3) is 5.56 Å². The second-order valence-electron chi connectivity index (χ2n) is 4.20. The van der Waals surface area contributed by atoms with Crippen molar-refractivity contribution in [3.8, 4) is 0 Å². The molecule has 20 heavy (non-hydrogen) atoms. The summed E-state index contributed by atoms with van der Waals surface area (Å²) in [6.45, 7) is 1.77. The Hall–Kier alpha value is -1.79. The SMILES string of the molecule is Cc1nc2ccccc2c(=O)n1/N=C\c1cc(Br)cs1. The minimum Gasteiger partial charge on any atom is -0.267 e. The Bertz CT molecular complexity index is 866. The van der Waals surface area contributed by atoms with Crippen LogP contribution in [-0.2, 0) is 0 Å². The van der Waals surface area contributed by atoms with Gasteiger partial charge in [-0.1, -0.05) is 12.1 Å². The molecule has 0 bridgehead atoms. The molecule has 0 fully saturated rings. The molecule has 100 valence electrons. The molecule has 2 aromatic heterocycles. The maximum absolute atomic E-state index is 12.4. The van der Waals surface area contributed by atoms with Gasteiger partial charge in [-0.05, 0) is 41.1 Å². The number of fused-ring (bicyclic) bond motifs is 1. The van der Waals surface area contributed by atoms with Crippen LogP contribution in [0.5, 0.6) is 0 Å². The van der Waals surface area contributed by atoms with Gasteiger partial charge < -0.3 is 0 Å². The first-order chi connectivity index (χ1) is 9.65. The molecule has 0 radical (unpaired) electrons. The Morgan fingerprint density at radius 1 is 1.40 bits per heavy atom. The third kappa shape index (κ3) is 2.44. The van der Waals surface area contributed by atoms with Crippen molar-refractivity contribution in [2.45, 2.75) is 6.92 Å². The zero-order valence-corrected chi connectivity index (χ0v) is 13.0. The third-order valence-electron chi connectivity index (χ3n) is 2.80. The number of aryl methyl sites for hydroxylation is 1. The average molecular weight is 348 g/mol. The van der Waals surface area contributed by atoms with Crippen molar-refractivity contribution in [2.24, 2.45) is 5.10 Å². The number of para-hydroxylation sites is 1. The van der Waals surface area contributed by atoms with Gasteiger partial charge in [0, 0.05) is 14.7 Å². The number of halogens is 1. The molecule has 0 saturated carbocycles. The molecule has 0 amide bonds. The number of aromatic nitrogens is 2. The summed E-state index contributed by atoms with van der Waals surface area (Å²) in [5, 5.41) is 6.79. The zero-order chi connectivity index (χ0) is 14.1. The van der Waals surface area contributed by atoms with Crippen LogP contribution in [0.15, 0.2) is 50.1 Å². The largest absolute Gasteiger partial charge is 0.282 e. The smallest absolute Gasteiger partial charge is 0.267 e. The van der Waals surface area contributed by atoms with E-state index < -0.39 is 0 Å². The van der Waals surface area contributed by atoms with Crippen molar-refractivity contribution in [2.75, 3.05) is 0 Å². The molecule has 0 aliphatic heterocycles. The molecule has 1 aromatic carbocycles. The van der Waals surface area contributed by atoms with Gasteiger partial charge >= 0.3 is 0 Å². The van der Waals surface area contributed by atoms with E-state index in [2.05, 4.69) is 26.0 Å². The Morgan fingerprint density at radius 2 is 2.20 bits per heavy atom. The average Bonchev–Trinajstić information content (AvgIpc) is 2.84. The van der Waals surface area contributed by atoms with Gasteiger partial charge in [-0.15, -0.1) is 11.3 Å². The molecule has 4 nitrogen and oxygen atoms in total. The molecule has 0 N–H and O–H groups in total. The maximum Gasteiger partial charge on any atom is 0.282 e. The second kappa shape index (κ2) is 5.30. The van der Waals surface area contributed by atoms with E-state index in [0.717, 1.165) is 9.35 Å². The van der Waals surface area contributed by atoms with Crippen LogP contribution < -0.4 is 5.56 Å². The van der Waals surface area contributed by atoms with Gasteiger partial charge in [0.05, 0.1) is 17.1 Å². The summed E-state index contributed by atoms with van der Waals surface area (Å²) < 4.78 is 2.33. The number of benzene rings is 1. The number of hydrogen-bond acceptors (Lipinski definition) is 4. The lowest BCUT2D eigenvalue weighted by Gasteiger charge is -2.04. The van der Waals surface area contributed by atoms with Crippen LogP contribution in [0.2, 0.25) is 0 Å². The predicted octanol–water partition coefficient (Wildman–Crippen LogP) is 3.41. The van der Waals surface area contributed by atoms with Crippen molar-refractivity contribution in [3.05, 3.63) is 61.2 Å². The van der Waals surface area contributed by atoms with Gasteiger partial charge in [-0.25, -0.2) is 4.98 Å². The quantitative estimate of drug-likeness (QED) is 0.667. The molecule has 0 aliphatic carbocycles. The molecule has 0 spiro atoms. The van der Waals surface area contributed by atoms with Gasteiger partial charge in [0.1, 0.15) is 5.82 Å². The molecular weight excluding hydrogens is 338 g/mol. The maximum atomic E-state index is 12.4. The fraction of sp³-hybridized carbons (Fsp3) is 0.0714. The van der Waals surface area contributed by atoms with Gasteiger partial charge in [-0.2, -0.15) is 9.78 Å². The lowest BCUT2D eigenvalue weighted by atomic mass is 10.2. The normalized spacial score (nSPS) is 11.5. The molecule has 0 saturated heterocycles. The van der Waals surface area contributed by atoms with E-state index in [4.69, 9.17) is 0 Å². The Balaban J connectivity index is 2.12. The summed E-state index contributed by atoms with van der Waals surface area (Å²) in [6.07, 6.45) is 1.67. The first-order valence-corrected chi connectivity index (χ1v) is 7.59. The minimum absolute atomic E-state index is 0.153. The number of thiophene rings is 1. The first-order valence-electron chi connectivity index (χ1n) is 5.92. The fourth-order valence-corrected chi connectivity index (χ4v) is 3.18. The predicted molar refractivity (Wildman–Crippen MR) is 85.8 cm³/mol. The molecule has 0 atom stereocenters. The van der Waals surface area contributed by atoms with Crippen LogP contribution in [-0.4, -0.2) is 15.9 Å². The van der Waals surface area contributed by atoms with Crippen molar-refractivity contribution in [1.82, 2.24) is 9.66 Å². The van der Waals surface area contributed by atoms with Gasteiger partial charge in [0.15, 0.2) is 0 Å². The van der Waals surface area contributed by atoms with E-state index in [1.165, 1.54) is 4.68 Å². The van der Waals surface area contributed by atoms with E-state index >= 15 is 0 Å². The van der Waals surface area contributed by atoms with E-state index in [1.807, 2.05) is 29.6 Å². The number of nitrogens with zero attached hydrogens (tertiary/aromatic N) is 3. The van der Waals surface area contributed by atoms with E-state index in [-0.39, 0.29) is 5.56 Å². The topological polar surface area (TPSA) is 47.2 Å². The molecule has 0 aliphatic rings. The molecule has 2 heterocycles. The summed E-state index contributed by atoms with van der Waals surface area (Å²) in [5.41, 5.74) is 0.542. The molecular formula is C14H10BrN3OS. The first kappa shape index (κ1) is 13.2. The summed E-state index contributed by atoms with van der Waals surface area (Å²) in [6, 6.07) is 9.23. The van der Waals surface area contributed by atoms with Gasteiger partial charge in [0.2, 0.25) is 0 Å². The minimum atomic E-state index is -0.153. The highest BCUT2D eigenvalue weighted by atomic mass is 79.9. The molecule has 0 unspecified atom stereocenters. The highest BCUT2D eigenvalue weighted by molar-refractivity contribution is 9.10. The van der Waals surface area contributed by atoms with Crippen LogP contribution in [0.4, 0.5) is 0 Å². The standard InChI is InChI=1S/C14H10BrN3OS/c1-9-17-13-5-3-2-4-12(13)14(19)18(9)16-7-11-6-10(15)8-20-11/h2-8H,1H3/b16-7-. The monoisotopic (exact) mass is 347 g/mol. The van der Waals surface area contributed by atoms with Crippen LogP contribution in [0, 0.1) is 6.92 Å². The van der Waals surface area contributed by atoms with Crippen molar-refractivity contribution >= 4 is 44.4 Å². The highest BCUT2D eigenvalue weighted by Gasteiger charge is 2.06. The molecule has 6 heteroatoms. The summed E-state index contributed by atoms with van der Waals surface area (Å²) >= 11 is 4.94. The fourth-order valence-electron chi connectivity index (χ4n) is 1.88. The Morgan fingerprint density at radius 3 is 2.95 bits per heavy atom. The highest BCUT2D eigenvalue weighted by Crippen LogP contribution is 2.18. The molecule has 3 aromatic rings. The van der Waals surface area contributed by atoms with Crippen molar-refractivity contribution < 1.29 is 0 Å². The molecule has 3 rings (SSSR count). The van der Waals surface area contributed by atoms with E-state index in [9.17, 15) is 4.79 Å². The lowest BCUT2D eigenvalue weighted by Crippen LogP contribution is -2.20. The third-order valence-corrected chi connectivity index (χ3v) is 4.43. The van der Waals surface area contributed by atoms with E-state index in [0.29, 0.717) is 16.7 Å². The van der Waals surface area contributed by atoms with E-state index in [1.54, 1.807) is 30.5 Å². The van der Waals surface area contributed by atoms with Crippen LogP contribution in [0.1, 0.15) is 10.7 Å².